The molecule has 39 heavy (non-hydrogen) atoms. The molecule has 6 nitrogen and oxygen atoms in total. The lowest BCUT2D eigenvalue weighted by atomic mass is 9.95. The Morgan fingerprint density at radius 1 is 1.13 bits per heavy atom. The molecule has 6 heteroatoms. The second-order valence-electron chi connectivity index (χ2n) is 9.00. The highest BCUT2D eigenvalue weighted by atomic mass is 16.1. The number of aliphatic imine (C=N–C) groups is 2. The molecule has 0 fully saturated rings. The lowest BCUT2D eigenvalue weighted by molar-refractivity contribution is -0.111. The Morgan fingerprint density at radius 3 is 2.49 bits per heavy atom. The van der Waals surface area contributed by atoms with Gasteiger partial charge in [-0.2, -0.15) is 0 Å². The number of nitrogens with two attached hydrogens (primary N) is 1. The number of guanidine groups is 1. The van der Waals surface area contributed by atoms with E-state index in [0.717, 1.165) is 48.5 Å². The van der Waals surface area contributed by atoms with E-state index in [1.807, 2.05) is 70.2 Å². The molecule has 0 amide bonds. The van der Waals surface area contributed by atoms with E-state index >= 15 is 0 Å². The highest BCUT2D eigenvalue weighted by Crippen LogP contribution is 2.26. The topological polar surface area (TPSA) is 74.3 Å². The number of rotatable bonds is 7. The van der Waals surface area contributed by atoms with Gasteiger partial charge >= 0.3 is 0 Å². The van der Waals surface area contributed by atoms with Crippen LogP contribution in [-0.2, 0) is 4.79 Å². The van der Waals surface area contributed by atoms with Crippen molar-refractivity contribution in [1.29, 1.82) is 0 Å². The molecule has 0 aromatic heterocycles. The number of benzene rings is 1. The SMILES string of the molecule is C/C=C\C=C(/C)N(C)CCN(C)/C1=C\C2=C(CC(c3ccccc3C)=NC(N)=N2)C(=O)/C=C/CC1.C=C.CC. The van der Waals surface area contributed by atoms with E-state index in [-0.39, 0.29) is 11.7 Å². The zero-order chi connectivity index (χ0) is 29.4. The van der Waals surface area contributed by atoms with Crippen molar-refractivity contribution in [2.45, 2.75) is 53.9 Å². The van der Waals surface area contributed by atoms with Gasteiger partial charge in [-0.1, -0.05) is 56.3 Å². The Labute approximate surface area is 236 Å². The highest BCUT2D eigenvalue weighted by molar-refractivity contribution is 6.16. The maximum absolute atomic E-state index is 13.2. The van der Waals surface area contributed by atoms with Crippen LogP contribution in [0.25, 0.3) is 0 Å². The summed E-state index contributed by atoms with van der Waals surface area (Å²) in [6, 6.07) is 8.02. The van der Waals surface area contributed by atoms with Gasteiger partial charge in [0.25, 0.3) is 0 Å². The van der Waals surface area contributed by atoms with E-state index in [1.165, 1.54) is 5.70 Å². The fourth-order valence-corrected chi connectivity index (χ4v) is 4.07. The predicted octanol–water partition coefficient (Wildman–Crippen LogP) is 6.73. The first-order chi connectivity index (χ1) is 18.8. The molecular formula is C33H47N5O. The van der Waals surface area contributed by atoms with Gasteiger partial charge in [0.05, 0.1) is 11.4 Å². The van der Waals surface area contributed by atoms with Crippen molar-refractivity contribution in [2.24, 2.45) is 15.7 Å². The van der Waals surface area contributed by atoms with Crippen molar-refractivity contribution < 1.29 is 4.79 Å². The van der Waals surface area contributed by atoms with Crippen LogP contribution in [0.5, 0.6) is 0 Å². The van der Waals surface area contributed by atoms with Crippen molar-refractivity contribution in [1.82, 2.24) is 9.80 Å². The third-order valence-corrected chi connectivity index (χ3v) is 6.42. The van der Waals surface area contributed by atoms with E-state index in [2.05, 4.69) is 66.1 Å². The molecule has 0 saturated carbocycles. The second kappa shape index (κ2) is 17.6. The Morgan fingerprint density at radius 2 is 1.82 bits per heavy atom. The van der Waals surface area contributed by atoms with Crippen LogP contribution in [0.4, 0.5) is 0 Å². The first-order valence-electron chi connectivity index (χ1n) is 13.6. The largest absolute Gasteiger partial charge is 0.376 e. The van der Waals surface area contributed by atoms with Crippen LogP contribution in [-0.4, -0.2) is 54.4 Å². The number of carbonyl (C=O) groups excluding carboxylic acids is 1. The van der Waals surface area contributed by atoms with E-state index < -0.39 is 0 Å². The van der Waals surface area contributed by atoms with Crippen molar-refractivity contribution in [3.63, 3.8) is 0 Å². The van der Waals surface area contributed by atoms with Crippen LogP contribution in [0, 0.1) is 6.92 Å². The zero-order valence-electron chi connectivity index (χ0n) is 25.0. The number of likely N-dealkylation sites (N-methyl/N-ethyl adjacent to an activating group) is 2. The van der Waals surface area contributed by atoms with E-state index in [4.69, 9.17) is 5.73 Å². The van der Waals surface area contributed by atoms with Gasteiger partial charge in [0, 0.05) is 50.6 Å². The Kier molecular flexibility index (Phi) is 14.9. The molecule has 1 aromatic carbocycles. The second-order valence-corrected chi connectivity index (χ2v) is 9.00. The standard InChI is InChI=1S/C29H37N5O.C2H6.C2H4/c1-6-7-13-22(3)33(4)17-18-34(5)23-14-9-11-16-28(35)25-20-27(24-15-10-8-12-21(24)2)32-29(30)31-26(25)19-23;2*1-2/h6-8,10-13,15-16,19H,9,14,17-18,20H2,1-5H3,(H2,30,31);1-2H3;1-2H2/b7-6-,16-11+,22-13+,23-19-;;. The van der Waals surface area contributed by atoms with Crippen LogP contribution in [0.3, 0.4) is 0 Å². The minimum Gasteiger partial charge on any atom is -0.376 e. The molecule has 1 aromatic rings. The summed E-state index contributed by atoms with van der Waals surface area (Å²) in [6.07, 6.45) is 13.8. The van der Waals surface area contributed by atoms with Crippen LogP contribution in [0.2, 0.25) is 0 Å². The van der Waals surface area contributed by atoms with Gasteiger partial charge in [0.2, 0.25) is 5.96 Å². The summed E-state index contributed by atoms with van der Waals surface area (Å²) < 4.78 is 0. The fourth-order valence-electron chi connectivity index (χ4n) is 4.07. The van der Waals surface area contributed by atoms with Crippen LogP contribution in [0.1, 0.15) is 58.1 Å². The average Bonchev–Trinajstić information content (AvgIpc) is 3.07. The Bertz CT molecular complexity index is 1180. The minimum atomic E-state index is -0.0376. The first-order valence-corrected chi connectivity index (χ1v) is 13.6. The zero-order valence-corrected chi connectivity index (χ0v) is 25.0. The summed E-state index contributed by atoms with van der Waals surface area (Å²) in [5.41, 5.74) is 12.6. The molecule has 1 heterocycles. The Hall–Kier alpha value is -3.93. The van der Waals surface area contributed by atoms with E-state index in [1.54, 1.807) is 6.08 Å². The van der Waals surface area contributed by atoms with Crippen molar-refractivity contribution in [2.75, 3.05) is 27.2 Å². The molecule has 3 rings (SSSR count). The van der Waals surface area contributed by atoms with Crippen LogP contribution >= 0.6 is 0 Å². The van der Waals surface area contributed by atoms with Gasteiger partial charge in [0.1, 0.15) is 0 Å². The third kappa shape index (κ3) is 10.0. The van der Waals surface area contributed by atoms with Crippen molar-refractivity contribution in [3.05, 3.63) is 108 Å². The number of allylic oxidation sites excluding steroid dienone is 9. The van der Waals surface area contributed by atoms with E-state index in [9.17, 15) is 4.79 Å². The number of nitrogens with zero attached hydrogens (tertiary/aromatic N) is 4. The molecule has 0 atom stereocenters. The number of ketones is 1. The summed E-state index contributed by atoms with van der Waals surface area (Å²) >= 11 is 0. The summed E-state index contributed by atoms with van der Waals surface area (Å²) in [7, 11) is 4.19. The lowest BCUT2D eigenvalue weighted by Crippen LogP contribution is -2.29. The summed E-state index contributed by atoms with van der Waals surface area (Å²) in [4.78, 5) is 26.8. The lowest BCUT2D eigenvalue weighted by Gasteiger charge is -2.27. The summed E-state index contributed by atoms with van der Waals surface area (Å²) in [5, 5.41) is 0. The third-order valence-electron chi connectivity index (χ3n) is 6.42. The Balaban J connectivity index is 0.00000181. The molecule has 1 aliphatic heterocycles. The summed E-state index contributed by atoms with van der Waals surface area (Å²) in [6.45, 7) is 17.9. The van der Waals surface area contributed by atoms with Crippen LogP contribution < -0.4 is 5.73 Å². The molecule has 0 spiro atoms. The maximum atomic E-state index is 13.2. The summed E-state index contributed by atoms with van der Waals surface area (Å²) in [5.74, 6) is 0.136. The fraction of sp³-hybridized carbons (Fsp3) is 0.364. The number of hydrogen-bond donors (Lipinski definition) is 1. The monoisotopic (exact) mass is 529 g/mol. The molecule has 0 saturated heterocycles. The maximum Gasteiger partial charge on any atom is 0.220 e. The smallest absolute Gasteiger partial charge is 0.220 e. The highest BCUT2D eigenvalue weighted by Gasteiger charge is 2.22. The normalized spacial score (nSPS) is 17.8. The van der Waals surface area contributed by atoms with Gasteiger partial charge in [-0.15, -0.1) is 13.2 Å². The molecule has 210 valence electrons. The molecular weight excluding hydrogens is 482 g/mol. The van der Waals surface area contributed by atoms with Crippen LogP contribution in [0.15, 0.2) is 107 Å². The molecule has 2 aliphatic rings. The number of hydrogen-bond acceptors (Lipinski definition) is 6. The van der Waals surface area contributed by atoms with Gasteiger partial charge in [-0.3, -0.25) is 4.79 Å². The van der Waals surface area contributed by atoms with Gasteiger partial charge in [-0.05, 0) is 63.0 Å². The molecule has 2 N–H and O–H groups in total. The molecule has 0 radical (unpaired) electrons. The van der Waals surface area contributed by atoms with Gasteiger partial charge in [-0.25, -0.2) is 9.98 Å². The minimum absolute atomic E-state index is 0.0376. The van der Waals surface area contributed by atoms with Crippen molar-refractivity contribution >= 4 is 17.5 Å². The molecule has 0 bridgehead atoms. The van der Waals surface area contributed by atoms with Crippen molar-refractivity contribution in [3.8, 4) is 0 Å². The quantitative estimate of drug-likeness (QED) is 0.314. The van der Waals surface area contributed by atoms with Gasteiger partial charge < -0.3 is 15.5 Å². The average molecular weight is 530 g/mol. The van der Waals surface area contributed by atoms with E-state index in [0.29, 0.717) is 17.7 Å². The number of carbonyl (C=O) groups is 1. The molecule has 1 aliphatic carbocycles. The molecule has 0 unspecified atom stereocenters. The number of aryl methyl sites for hydroxylation is 1. The predicted molar refractivity (Wildman–Crippen MR) is 169 cm³/mol. The van der Waals surface area contributed by atoms with Gasteiger partial charge in [0.15, 0.2) is 5.78 Å². The first kappa shape index (κ1) is 33.1.